The first-order valence-electron chi connectivity index (χ1n) is 18.5. The summed E-state index contributed by atoms with van der Waals surface area (Å²) in [5, 5.41) is 22.2. The highest BCUT2D eigenvalue weighted by molar-refractivity contribution is 5.70. The molecule has 1 saturated heterocycles. The highest BCUT2D eigenvalue weighted by Crippen LogP contribution is 2.28. The molecule has 6 atom stereocenters. The number of nitrogens with zero attached hydrogens (tertiary/aromatic N) is 3. The summed E-state index contributed by atoms with van der Waals surface area (Å²) in [7, 11) is 1.71. The van der Waals surface area contributed by atoms with E-state index in [4.69, 9.17) is 14.2 Å². The van der Waals surface area contributed by atoms with Gasteiger partial charge < -0.3 is 34.2 Å². The summed E-state index contributed by atoms with van der Waals surface area (Å²) in [6.45, 7) is 13.0. The molecule has 3 rings (SSSR count). The molecule has 11 nitrogen and oxygen atoms in total. The zero-order valence-corrected chi connectivity index (χ0v) is 30.9. The first-order valence-corrected chi connectivity index (χ1v) is 18.5. The van der Waals surface area contributed by atoms with Crippen LogP contribution < -0.4 is 0 Å². The van der Waals surface area contributed by atoms with Gasteiger partial charge in [-0.25, -0.2) is 9.59 Å². The van der Waals surface area contributed by atoms with Crippen LogP contribution in [0.3, 0.4) is 0 Å². The Bertz CT molecular complexity index is 1140. The lowest BCUT2D eigenvalue weighted by Crippen LogP contribution is -2.53. The largest absolute Gasteiger partial charge is 0.457 e. The quantitative estimate of drug-likeness (QED) is 0.101. The molecule has 2 amide bonds. The predicted molar refractivity (Wildman–Crippen MR) is 190 cm³/mol. The number of carbonyl (C=O) groups is 3. The molecule has 0 aromatic heterocycles. The zero-order valence-electron chi connectivity index (χ0n) is 30.9. The summed E-state index contributed by atoms with van der Waals surface area (Å²) >= 11 is 0. The molecule has 2 aliphatic heterocycles. The standard InChI is InChI=1S/C38H63N3O8/c1-7-21-39(6)36(44)47-27-28(2)13-12-14-29(3)35-30(4)17-18-33(38(5,46)20-19-32(42)26-34(43)49-35)48-37(45)41-24-22-40(23-25-41)31-15-10-8-9-11-16-31/h12-14,17-18,28,30-33,35,42,46H,7-11,15-16,19-27H2,1-6H3/b13-12+,18-17+,29-14+/t28-,30-,32-,33?,35+,38-/m0/s1. The molecule has 1 unspecified atom stereocenters. The molecule has 0 bridgehead atoms. The number of rotatable bonds is 9. The van der Waals surface area contributed by atoms with Crippen LogP contribution in [0.1, 0.15) is 98.8 Å². The van der Waals surface area contributed by atoms with Crippen LogP contribution in [0.25, 0.3) is 0 Å². The van der Waals surface area contributed by atoms with E-state index in [1.54, 1.807) is 29.8 Å². The Kier molecular flexibility index (Phi) is 16.6. The van der Waals surface area contributed by atoms with Crippen molar-refractivity contribution in [3.63, 3.8) is 0 Å². The van der Waals surface area contributed by atoms with Gasteiger partial charge in [-0.2, -0.15) is 0 Å². The maximum absolute atomic E-state index is 13.4. The first-order chi connectivity index (χ1) is 23.3. The number of allylic oxidation sites excluding steroid dienone is 2. The van der Waals surface area contributed by atoms with Crippen molar-refractivity contribution in [2.24, 2.45) is 11.8 Å². The SMILES string of the molecule is CCCN(C)C(=O)OC[C@@H](C)/C=C/C=C(\C)[C@H]1OC(=O)C[C@@H](O)CC[C@](C)(O)C(OC(=O)N2CCN(C3CCCCCC3)CC2)/C=C/[C@@H]1C. The van der Waals surface area contributed by atoms with E-state index in [0.29, 0.717) is 25.7 Å². The second-order valence-electron chi connectivity index (χ2n) is 14.7. The molecule has 2 heterocycles. The number of aliphatic hydroxyl groups excluding tert-OH is 1. The van der Waals surface area contributed by atoms with Crippen LogP contribution >= 0.6 is 0 Å². The highest BCUT2D eigenvalue weighted by Gasteiger charge is 2.37. The third-order valence-corrected chi connectivity index (χ3v) is 10.1. The van der Waals surface area contributed by atoms with Gasteiger partial charge >= 0.3 is 18.2 Å². The number of ether oxygens (including phenoxy) is 3. The second kappa shape index (κ2) is 20.1. The summed E-state index contributed by atoms with van der Waals surface area (Å²) < 4.78 is 17.3. The third kappa shape index (κ3) is 13.4. The molecule has 11 heteroatoms. The number of hydrogen-bond donors (Lipinski definition) is 2. The fraction of sp³-hybridized carbons (Fsp3) is 0.763. The number of hydrogen-bond acceptors (Lipinski definition) is 9. The van der Waals surface area contributed by atoms with Gasteiger partial charge in [-0.1, -0.05) is 70.8 Å². The number of piperazine rings is 1. The first kappa shape index (κ1) is 40.5. The van der Waals surface area contributed by atoms with Gasteiger partial charge in [0.1, 0.15) is 11.7 Å². The van der Waals surface area contributed by atoms with Crippen LogP contribution in [0.4, 0.5) is 9.59 Å². The number of carbonyl (C=O) groups excluding carboxylic acids is 3. The van der Waals surface area contributed by atoms with Gasteiger partial charge in [0.05, 0.1) is 19.1 Å². The average Bonchev–Trinajstić information content (AvgIpc) is 3.36. The molecule has 1 saturated carbocycles. The molecular formula is C38H63N3O8. The summed E-state index contributed by atoms with van der Waals surface area (Å²) in [4.78, 5) is 44.2. The molecule has 2 N–H and O–H groups in total. The molecule has 0 aromatic rings. The highest BCUT2D eigenvalue weighted by atomic mass is 16.6. The van der Waals surface area contributed by atoms with Gasteiger partial charge in [0.2, 0.25) is 0 Å². The minimum atomic E-state index is -1.47. The second-order valence-corrected chi connectivity index (χ2v) is 14.7. The number of cyclic esters (lactones) is 1. The Morgan fingerprint density at radius 2 is 1.80 bits per heavy atom. The van der Waals surface area contributed by atoms with E-state index in [1.165, 1.54) is 38.5 Å². The van der Waals surface area contributed by atoms with Crippen LogP contribution in [0.15, 0.2) is 36.0 Å². The van der Waals surface area contributed by atoms with Crippen molar-refractivity contribution in [2.45, 2.75) is 129 Å². The topological polar surface area (TPSA) is 129 Å². The molecule has 0 aromatic carbocycles. The Morgan fingerprint density at radius 1 is 1.12 bits per heavy atom. The maximum atomic E-state index is 13.4. The number of aliphatic hydroxyl groups is 2. The van der Waals surface area contributed by atoms with Gasteiger partial charge in [-0.15, -0.1) is 0 Å². The van der Waals surface area contributed by atoms with Crippen molar-refractivity contribution in [3.8, 4) is 0 Å². The Morgan fingerprint density at radius 3 is 2.45 bits per heavy atom. The zero-order chi connectivity index (χ0) is 36.0. The van der Waals surface area contributed by atoms with Crippen molar-refractivity contribution >= 4 is 18.2 Å². The van der Waals surface area contributed by atoms with E-state index in [9.17, 15) is 24.6 Å². The molecule has 49 heavy (non-hydrogen) atoms. The molecule has 278 valence electrons. The van der Waals surface area contributed by atoms with Crippen LogP contribution in [-0.4, -0.2) is 119 Å². The molecule has 2 fully saturated rings. The maximum Gasteiger partial charge on any atom is 0.410 e. The summed E-state index contributed by atoms with van der Waals surface area (Å²) in [5.41, 5.74) is -0.696. The van der Waals surface area contributed by atoms with Crippen molar-refractivity contribution in [2.75, 3.05) is 46.4 Å². The third-order valence-electron chi connectivity index (χ3n) is 10.1. The van der Waals surface area contributed by atoms with Gasteiger partial charge in [0.25, 0.3) is 0 Å². The minimum absolute atomic E-state index is 0.0354. The van der Waals surface area contributed by atoms with E-state index < -0.39 is 36.0 Å². The van der Waals surface area contributed by atoms with Crippen LogP contribution in [0.2, 0.25) is 0 Å². The minimum Gasteiger partial charge on any atom is -0.457 e. The van der Waals surface area contributed by atoms with Crippen LogP contribution in [0, 0.1) is 11.8 Å². The van der Waals surface area contributed by atoms with E-state index >= 15 is 0 Å². The summed E-state index contributed by atoms with van der Waals surface area (Å²) in [5.74, 6) is -0.901. The smallest absolute Gasteiger partial charge is 0.410 e. The van der Waals surface area contributed by atoms with E-state index in [-0.39, 0.29) is 43.8 Å². The van der Waals surface area contributed by atoms with E-state index in [1.807, 2.05) is 52.0 Å². The van der Waals surface area contributed by atoms with Gasteiger partial charge in [-0.05, 0) is 57.6 Å². The van der Waals surface area contributed by atoms with Gasteiger partial charge in [-0.3, -0.25) is 9.69 Å². The molecule has 1 aliphatic carbocycles. The van der Waals surface area contributed by atoms with Gasteiger partial charge in [0.15, 0.2) is 6.10 Å². The van der Waals surface area contributed by atoms with E-state index in [0.717, 1.165) is 25.1 Å². The lowest BCUT2D eigenvalue weighted by Gasteiger charge is -2.40. The van der Waals surface area contributed by atoms with Crippen LogP contribution in [-0.2, 0) is 19.0 Å². The van der Waals surface area contributed by atoms with E-state index in [2.05, 4.69) is 4.90 Å². The Labute approximate surface area is 294 Å². The lowest BCUT2D eigenvalue weighted by molar-refractivity contribution is -0.151. The van der Waals surface area contributed by atoms with Crippen molar-refractivity contribution in [1.29, 1.82) is 0 Å². The summed E-state index contributed by atoms with van der Waals surface area (Å²) in [6.07, 6.45) is 14.2. The fourth-order valence-electron chi connectivity index (χ4n) is 6.81. The normalized spacial score (nSPS) is 30.0. The summed E-state index contributed by atoms with van der Waals surface area (Å²) in [6, 6.07) is 0.587. The average molecular weight is 690 g/mol. The van der Waals surface area contributed by atoms with Crippen molar-refractivity contribution in [1.82, 2.24) is 14.7 Å². The van der Waals surface area contributed by atoms with Crippen molar-refractivity contribution < 1.29 is 38.8 Å². The van der Waals surface area contributed by atoms with Crippen molar-refractivity contribution in [3.05, 3.63) is 36.0 Å². The number of esters is 1. The predicted octanol–water partition coefficient (Wildman–Crippen LogP) is 5.85. The monoisotopic (exact) mass is 689 g/mol. The molecule has 3 aliphatic rings. The molecule has 0 spiro atoms. The lowest BCUT2D eigenvalue weighted by atomic mass is 9.89. The molecular weight excluding hydrogens is 626 g/mol. The number of amides is 2. The van der Waals surface area contributed by atoms with Gasteiger partial charge in [0, 0.05) is 57.6 Å². The van der Waals surface area contributed by atoms with Crippen LogP contribution in [0.5, 0.6) is 0 Å². The fourth-order valence-corrected chi connectivity index (χ4v) is 6.81. The Balaban J connectivity index is 1.68. The molecule has 0 radical (unpaired) electrons. The Hall–Kier alpha value is -2.89.